The standard InChI is InChI=1S/C15H17NO/c1-15(17-16-2,13-9-5-3-6-10-13)14-11-7-4-8-12-14/h3-12,16H,1-2H3. The van der Waals surface area contributed by atoms with E-state index >= 15 is 0 Å². The van der Waals surface area contributed by atoms with E-state index in [1.807, 2.05) is 36.4 Å². The number of hydrogen-bond acceptors (Lipinski definition) is 2. The highest BCUT2D eigenvalue weighted by atomic mass is 16.7. The predicted molar refractivity (Wildman–Crippen MR) is 69.5 cm³/mol. The van der Waals surface area contributed by atoms with Crippen LogP contribution in [-0.2, 0) is 10.4 Å². The zero-order valence-electron chi connectivity index (χ0n) is 10.2. The van der Waals surface area contributed by atoms with Crippen LogP contribution in [0.25, 0.3) is 0 Å². The predicted octanol–water partition coefficient (Wildman–Crippen LogP) is 3.10. The Morgan fingerprint density at radius 3 is 1.59 bits per heavy atom. The summed E-state index contributed by atoms with van der Waals surface area (Å²) < 4.78 is 0. The van der Waals surface area contributed by atoms with Crippen LogP contribution in [0.15, 0.2) is 60.7 Å². The summed E-state index contributed by atoms with van der Waals surface area (Å²) in [5.74, 6) is 0. The molecule has 0 unspecified atom stereocenters. The number of hydroxylamine groups is 1. The molecule has 0 amide bonds. The van der Waals surface area contributed by atoms with Crippen molar-refractivity contribution in [1.29, 1.82) is 0 Å². The SMILES string of the molecule is CNOC(C)(c1ccccc1)c1ccccc1. The molecule has 0 aliphatic rings. The van der Waals surface area contributed by atoms with Gasteiger partial charge in [0.05, 0.1) is 0 Å². The molecule has 0 radical (unpaired) electrons. The van der Waals surface area contributed by atoms with Crippen LogP contribution in [0, 0.1) is 0 Å². The minimum Gasteiger partial charge on any atom is -0.286 e. The summed E-state index contributed by atoms with van der Waals surface area (Å²) in [7, 11) is 1.78. The third-order valence-electron chi connectivity index (χ3n) is 2.96. The fourth-order valence-electron chi connectivity index (χ4n) is 2.00. The topological polar surface area (TPSA) is 21.3 Å². The summed E-state index contributed by atoms with van der Waals surface area (Å²) in [5.41, 5.74) is 4.58. The lowest BCUT2D eigenvalue weighted by Gasteiger charge is -2.30. The molecule has 0 aromatic heterocycles. The van der Waals surface area contributed by atoms with Gasteiger partial charge in [0.2, 0.25) is 0 Å². The fourth-order valence-corrected chi connectivity index (χ4v) is 2.00. The lowest BCUT2D eigenvalue weighted by atomic mass is 9.88. The second-order valence-electron chi connectivity index (χ2n) is 4.07. The number of rotatable bonds is 4. The van der Waals surface area contributed by atoms with Gasteiger partial charge < -0.3 is 0 Å². The van der Waals surface area contributed by atoms with Crippen molar-refractivity contribution >= 4 is 0 Å². The Labute approximate surface area is 102 Å². The van der Waals surface area contributed by atoms with Crippen molar-refractivity contribution in [3.63, 3.8) is 0 Å². The Morgan fingerprint density at radius 2 is 1.24 bits per heavy atom. The molecule has 2 aromatic carbocycles. The molecule has 0 saturated heterocycles. The molecule has 0 fully saturated rings. The monoisotopic (exact) mass is 227 g/mol. The molecular weight excluding hydrogens is 210 g/mol. The van der Waals surface area contributed by atoms with Crippen LogP contribution < -0.4 is 5.48 Å². The number of benzene rings is 2. The van der Waals surface area contributed by atoms with Gasteiger partial charge in [0.15, 0.2) is 0 Å². The third kappa shape index (κ3) is 2.38. The van der Waals surface area contributed by atoms with Crippen molar-refractivity contribution in [1.82, 2.24) is 5.48 Å². The summed E-state index contributed by atoms with van der Waals surface area (Å²) in [6, 6.07) is 20.4. The first kappa shape index (κ1) is 11.8. The van der Waals surface area contributed by atoms with Gasteiger partial charge >= 0.3 is 0 Å². The summed E-state index contributed by atoms with van der Waals surface area (Å²) in [6.07, 6.45) is 0. The second-order valence-corrected chi connectivity index (χ2v) is 4.07. The minimum atomic E-state index is -0.475. The van der Waals surface area contributed by atoms with Gasteiger partial charge in [-0.05, 0) is 18.1 Å². The van der Waals surface area contributed by atoms with Crippen molar-refractivity contribution < 1.29 is 4.84 Å². The summed E-state index contributed by atoms with van der Waals surface area (Å²) in [6.45, 7) is 2.06. The van der Waals surface area contributed by atoms with E-state index in [4.69, 9.17) is 4.84 Å². The van der Waals surface area contributed by atoms with Crippen LogP contribution in [0.1, 0.15) is 18.1 Å². The Balaban J connectivity index is 2.47. The Kier molecular flexibility index (Phi) is 3.57. The van der Waals surface area contributed by atoms with Gasteiger partial charge in [0.25, 0.3) is 0 Å². The maximum absolute atomic E-state index is 5.75. The highest BCUT2D eigenvalue weighted by Crippen LogP contribution is 2.31. The molecule has 17 heavy (non-hydrogen) atoms. The van der Waals surface area contributed by atoms with Crippen LogP contribution in [0.2, 0.25) is 0 Å². The number of nitrogens with one attached hydrogen (secondary N) is 1. The molecular formula is C15H17NO. The molecule has 0 heterocycles. The highest BCUT2D eigenvalue weighted by molar-refractivity contribution is 5.35. The van der Waals surface area contributed by atoms with E-state index in [2.05, 4.69) is 36.7 Å². The first-order valence-electron chi connectivity index (χ1n) is 5.73. The second kappa shape index (κ2) is 5.13. The molecule has 2 rings (SSSR count). The smallest absolute Gasteiger partial charge is 0.137 e. The van der Waals surface area contributed by atoms with Gasteiger partial charge in [-0.2, -0.15) is 0 Å². The lowest BCUT2D eigenvalue weighted by Crippen LogP contribution is -2.32. The lowest BCUT2D eigenvalue weighted by molar-refractivity contribution is -0.0635. The maximum Gasteiger partial charge on any atom is 0.137 e. The van der Waals surface area contributed by atoms with E-state index < -0.39 is 5.60 Å². The zero-order chi connectivity index (χ0) is 12.1. The fraction of sp³-hybridized carbons (Fsp3) is 0.200. The van der Waals surface area contributed by atoms with Crippen LogP contribution in [-0.4, -0.2) is 7.05 Å². The van der Waals surface area contributed by atoms with Crippen molar-refractivity contribution in [3.8, 4) is 0 Å². The van der Waals surface area contributed by atoms with Crippen LogP contribution in [0.5, 0.6) is 0 Å². The average molecular weight is 227 g/mol. The van der Waals surface area contributed by atoms with Crippen LogP contribution in [0.4, 0.5) is 0 Å². The molecule has 0 aliphatic carbocycles. The molecule has 0 bridgehead atoms. The van der Waals surface area contributed by atoms with E-state index in [-0.39, 0.29) is 0 Å². The highest BCUT2D eigenvalue weighted by Gasteiger charge is 2.29. The van der Waals surface area contributed by atoms with Crippen molar-refractivity contribution in [2.24, 2.45) is 0 Å². The van der Waals surface area contributed by atoms with E-state index in [9.17, 15) is 0 Å². The molecule has 0 aliphatic heterocycles. The van der Waals surface area contributed by atoms with E-state index in [0.29, 0.717) is 0 Å². The minimum absolute atomic E-state index is 0.475. The maximum atomic E-state index is 5.75. The van der Waals surface area contributed by atoms with Crippen molar-refractivity contribution in [2.45, 2.75) is 12.5 Å². The van der Waals surface area contributed by atoms with Gasteiger partial charge in [-0.25, -0.2) is 5.48 Å². The number of hydrogen-bond donors (Lipinski definition) is 1. The zero-order valence-corrected chi connectivity index (χ0v) is 10.2. The molecule has 88 valence electrons. The molecule has 2 nitrogen and oxygen atoms in total. The molecule has 2 aromatic rings. The Morgan fingerprint density at radius 1 is 0.824 bits per heavy atom. The van der Waals surface area contributed by atoms with Crippen molar-refractivity contribution in [2.75, 3.05) is 7.05 Å². The summed E-state index contributed by atoms with van der Waals surface area (Å²) in [4.78, 5) is 5.75. The van der Waals surface area contributed by atoms with Gasteiger partial charge in [-0.1, -0.05) is 60.7 Å². The van der Waals surface area contributed by atoms with Crippen LogP contribution >= 0.6 is 0 Å². The van der Waals surface area contributed by atoms with E-state index in [1.54, 1.807) is 7.05 Å². The first-order valence-corrected chi connectivity index (χ1v) is 5.73. The van der Waals surface area contributed by atoms with Gasteiger partial charge in [-0.3, -0.25) is 4.84 Å². The van der Waals surface area contributed by atoms with Crippen LogP contribution in [0.3, 0.4) is 0 Å². The average Bonchev–Trinajstić information content (AvgIpc) is 2.41. The largest absolute Gasteiger partial charge is 0.286 e. The Hall–Kier alpha value is -1.64. The van der Waals surface area contributed by atoms with E-state index in [0.717, 1.165) is 11.1 Å². The summed E-state index contributed by atoms with van der Waals surface area (Å²) >= 11 is 0. The Bertz CT molecular complexity index is 413. The van der Waals surface area contributed by atoms with Crippen molar-refractivity contribution in [3.05, 3.63) is 71.8 Å². The normalized spacial score (nSPS) is 11.4. The first-order chi connectivity index (χ1) is 8.27. The molecule has 0 atom stereocenters. The quantitative estimate of drug-likeness (QED) is 0.810. The van der Waals surface area contributed by atoms with Gasteiger partial charge in [0, 0.05) is 7.05 Å². The van der Waals surface area contributed by atoms with Gasteiger partial charge in [-0.15, -0.1) is 0 Å². The third-order valence-corrected chi connectivity index (χ3v) is 2.96. The molecule has 0 spiro atoms. The summed E-state index contributed by atoms with van der Waals surface area (Å²) in [5, 5.41) is 0. The molecule has 1 N–H and O–H groups in total. The van der Waals surface area contributed by atoms with E-state index in [1.165, 1.54) is 0 Å². The van der Waals surface area contributed by atoms with Gasteiger partial charge in [0.1, 0.15) is 5.60 Å². The molecule has 2 heteroatoms. The molecule has 0 saturated carbocycles.